The molecule has 11 heteroatoms. The SMILES string of the molecule is CN(CCN(C)C(=O)OC(C)(C)C)Cc1ccc(CNc2cccc3c2C(=O)N(C2CCC(=O)NC2=O)C3=O)cc1. The van der Waals surface area contributed by atoms with E-state index in [1.165, 1.54) is 0 Å². The number of carbonyl (C=O) groups excluding carboxylic acids is 5. The standard InChI is InChI=1S/C30H37N5O6/c1-30(2,3)41-29(40)34(5)16-15-33(4)18-20-11-9-19(10-12-20)17-31-22-8-6-7-21-25(22)28(39)35(27(21)38)23-13-14-24(36)32-26(23)37/h6-12,23,31H,13-18H2,1-5H3,(H,32,36,37). The van der Waals surface area contributed by atoms with Crippen LogP contribution in [-0.2, 0) is 27.4 Å². The number of rotatable bonds is 9. The van der Waals surface area contributed by atoms with Crippen LogP contribution in [0.4, 0.5) is 10.5 Å². The third-order valence-corrected chi connectivity index (χ3v) is 6.95. The van der Waals surface area contributed by atoms with Crippen molar-refractivity contribution in [3.8, 4) is 0 Å². The quantitative estimate of drug-likeness (QED) is 0.446. The Balaban J connectivity index is 1.32. The smallest absolute Gasteiger partial charge is 0.410 e. The van der Waals surface area contributed by atoms with E-state index >= 15 is 0 Å². The summed E-state index contributed by atoms with van der Waals surface area (Å²) in [6.07, 6.45) is -0.161. The number of anilines is 1. The van der Waals surface area contributed by atoms with Crippen LogP contribution in [0.5, 0.6) is 0 Å². The molecule has 1 unspecified atom stereocenters. The molecule has 0 aliphatic carbocycles. The number of nitrogens with one attached hydrogen (secondary N) is 2. The zero-order valence-electron chi connectivity index (χ0n) is 24.2. The van der Waals surface area contributed by atoms with Gasteiger partial charge in [-0.15, -0.1) is 0 Å². The molecule has 1 atom stereocenters. The Labute approximate surface area is 239 Å². The van der Waals surface area contributed by atoms with Crippen LogP contribution in [0.2, 0.25) is 0 Å². The Morgan fingerprint density at radius 1 is 1.00 bits per heavy atom. The summed E-state index contributed by atoms with van der Waals surface area (Å²) >= 11 is 0. The fraction of sp³-hybridized carbons (Fsp3) is 0.433. The molecule has 2 N–H and O–H groups in total. The second kappa shape index (κ2) is 12.1. The molecule has 4 rings (SSSR count). The molecule has 0 saturated carbocycles. The number of ether oxygens (including phenoxy) is 1. The average Bonchev–Trinajstić information content (AvgIpc) is 3.16. The number of likely N-dealkylation sites (N-methyl/N-ethyl adjacent to an activating group) is 2. The highest BCUT2D eigenvalue weighted by Crippen LogP contribution is 2.32. The fourth-order valence-electron chi connectivity index (χ4n) is 4.76. The van der Waals surface area contributed by atoms with E-state index in [-0.39, 0.29) is 30.1 Å². The van der Waals surface area contributed by atoms with Gasteiger partial charge in [0.2, 0.25) is 11.8 Å². The molecule has 1 saturated heterocycles. The number of nitrogens with zero attached hydrogens (tertiary/aromatic N) is 3. The van der Waals surface area contributed by atoms with Gasteiger partial charge >= 0.3 is 6.09 Å². The lowest BCUT2D eigenvalue weighted by Crippen LogP contribution is -2.54. The molecule has 0 bridgehead atoms. The van der Waals surface area contributed by atoms with Crippen LogP contribution < -0.4 is 10.6 Å². The highest BCUT2D eigenvalue weighted by atomic mass is 16.6. The van der Waals surface area contributed by atoms with E-state index in [1.54, 1.807) is 30.1 Å². The van der Waals surface area contributed by atoms with Gasteiger partial charge in [-0.25, -0.2) is 4.79 Å². The molecule has 218 valence electrons. The minimum Gasteiger partial charge on any atom is -0.444 e. The van der Waals surface area contributed by atoms with Crippen LogP contribution in [0.1, 0.15) is 65.5 Å². The Morgan fingerprint density at radius 2 is 1.68 bits per heavy atom. The zero-order valence-corrected chi connectivity index (χ0v) is 24.2. The van der Waals surface area contributed by atoms with Crippen molar-refractivity contribution in [1.82, 2.24) is 20.0 Å². The first-order valence-electron chi connectivity index (χ1n) is 13.6. The summed E-state index contributed by atoms with van der Waals surface area (Å²) < 4.78 is 5.39. The van der Waals surface area contributed by atoms with Crippen LogP contribution in [0.25, 0.3) is 0 Å². The first kappa shape index (κ1) is 29.7. The molecule has 2 aliphatic heterocycles. The normalized spacial score (nSPS) is 17.0. The summed E-state index contributed by atoms with van der Waals surface area (Å²) in [5, 5.41) is 5.47. The lowest BCUT2D eigenvalue weighted by Gasteiger charge is -2.27. The summed E-state index contributed by atoms with van der Waals surface area (Å²) in [6.45, 7) is 7.87. The molecule has 0 spiro atoms. The van der Waals surface area contributed by atoms with Gasteiger partial charge in [-0.05, 0) is 57.5 Å². The first-order valence-corrected chi connectivity index (χ1v) is 13.6. The molecule has 41 heavy (non-hydrogen) atoms. The summed E-state index contributed by atoms with van der Waals surface area (Å²) in [5.74, 6) is -2.12. The molecule has 0 aromatic heterocycles. The molecule has 0 radical (unpaired) electrons. The van der Waals surface area contributed by atoms with E-state index in [4.69, 9.17) is 4.74 Å². The van der Waals surface area contributed by atoms with Crippen molar-refractivity contribution in [3.05, 3.63) is 64.7 Å². The Hall–Kier alpha value is -4.25. The second-order valence-corrected chi connectivity index (χ2v) is 11.5. The topological polar surface area (TPSA) is 128 Å². The minimum absolute atomic E-state index is 0.0733. The molecule has 11 nitrogen and oxygen atoms in total. The third-order valence-electron chi connectivity index (χ3n) is 6.95. The van der Waals surface area contributed by atoms with Crippen molar-refractivity contribution in [2.75, 3.05) is 32.5 Å². The monoisotopic (exact) mass is 563 g/mol. The van der Waals surface area contributed by atoms with Gasteiger partial charge in [0.1, 0.15) is 11.6 Å². The number of hydrogen-bond acceptors (Lipinski definition) is 8. The number of carbonyl (C=O) groups is 5. The van der Waals surface area contributed by atoms with E-state index in [0.717, 1.165) is 16.0 Å². The number of piperidine rings is 1. The molecule has 2 aromatic rings. The lowest BCUT2D eigenvalue weighted by molar-refractivity contribution is -0.136. The third kappa shape index (κ3) is 7.10. The average molecular weight is 564 g/mol. The highest BCUT2D eigenvalue weighted by molar-refractivity contribution is 6.25. The second-order valence-electron chi connectivity index (χ2n) is 11.5. The zero-order chi connectivity index (χ0) is 29.9. The number of fused-ring (bicyclic) bond motifs is 1. The number of imide groups is 2. The van der Waals surface area contributed by atoms with Crippen molar-refractivity contribution in [2.45, 2.75) is 58.3 Å². The predicted octanol–water partition coefficient (Wildman–Crippen LogP) is 3.00. The predicted molar refractivity (Wildman–Crippen MR) is 152 cm³/mol. The van der Waals surface area contributed by atoms with E-state index in [1.807, 2.05) is 52.1 Å². The lowest BCUT2D eigenvalue weighted by atomic mass is 10.0. The van der Waals surface area contributed by atoms with Gasteiger partial charge < -0.3 is 19.9 Å². The minimum atomic E-state index is -1.00. The maximum atomic E-state index is 13.3. The van der Waals surface area contributed by atoms with Crippen LogP contribution in [0.15, 0.2) is 42.5 Å². The number of amides is 5. The maximum Gasteiger partial charge on any atom is 0.410 e. The van der Waals surface area contributed by atoms with Gasteiger partial charge in [-0.1, -0.05) is 30.3 Å². The van der Waals surface area contributed by atoms with E-state index in [2.05, 4.69) is 15.5 Å². The van der Waals surface area contributed by atoms with E-state index in [9.17, 15) is 24.0 Å². The van der Waals surface area contributed by atoms with E-state index in [0.29, 0.717) is 31.9 Å². The Morgan fingerprint density at radius 3 is 2.34 bits per heavy atom. The summed E-state index contributed by atoms with van der Waals surface area (Å²) in [5.41, 5.74) is 2.54. The van der Waals surface area contributed by atoms with Crippen LogP contribution in [-0.4, -0.2) is 83.2 Å². The van der Waals surface area contributed by atoms with Crippen LogP contribution >= 0.6 is 0 Å². The van der Waals surface area contributed by atoms with Crippen molar-refractivity contribution >= 4 is 35.4 Å². The molecular formula is C30H37N5O6. The highest BCUT2D eigenvalue weighted by Gasteiger charge is 2.45. The van der Waals surface area contributed by atoms with E-state index < -0.39 is 35.3 Å². The Bertz CT molecular complexity index is 1350. The van der Waals surface area contributed by atoms with Crippen molar-refractivity contribution < 1.29 is 28.7 Å². The van der Waals surface area contributed by atoms with Gasteiger partial charge in [0, 0.05) is 45.3 Å². The van der Waals surface area contributed by atoms with Crippen LogP contribution in [0, 0.1) is 0 Å². The van der Waals surface area contributed by atoms with Crippen LogP contribution in [0.3, 0.4) is 0 Å². The van der Waals surface area contributed by atoms with Gasteiger partial charge in [0.15, 0.2) is 0 Å². The number of hydrogen-bond donors (Lipinski definition) is 2. The van der Waals surface area contributed by atoms with Gasteiger partial charge in [0.25, 0.3) is 11.8 Å². The molecular weight excluding hydrogens is 526 g/mol. The Kier molecular flexibility index (Phi) is 8.77. The van der Waals surface area contributed by atoms with Gasteiger partial charge in [0.05, 0.1) is 11.1 Å². The summed E-state index contributed by atoms with van der Waals surface area (Å²) in [7, 11) is 3.71. The van der Waals surface area contributed by atoms with Crippen molar-refractivity contribution in [1.29, 1.82) is 0 Å². The van der Waals surface area contributed by atoms with Crippen molar-refractivity contribution in [2.24, 2.45) is 0 Å². The maximum absolute atomic E-state index is 13.3. The summed E-state index contributed by atoms with van der Waals surface area (Å²) in [6, 6.07) is 12.0. The molecule has 5 amide bonds. The molecule has 2 heterocycles. The largest absolute Gasteiger partial charge is 0.444 e. The first-order chi connectivity index (χ1) is 19.3. The van der Waals surface area contributed by atoms with Gasteiger partial charge in [-0.2, -0.15) is 0 Å². The summed E-state index contributed by atoms with van der Waals surface area (Å²) in [4.78, 5) is 67.0. The number of benzene rings is 2. The van der Waals surface area contributed by atoms with Crippen molar-refractivity contribution in [3.63, 3.8) is 0 Å². The molecule has 1 fully saturated rings. The molecule has 2 aromatic carbocycles. The van der Waals surface area contributed by atoms with Gasteiger partial charge in [-0.3, -0.25) is 29.4 Å². The fourth-order valence-corrected chi connectivity index (χ4v) is 4.76. The molecule has 2 aliphatic rings.